The molecule has 1 unspecified atom stereocenters. The monoisotopic (exact) mass is 289 g/mol. The quantitative estimate of drug-likeness (QED) is 0.759. The molecule has 0 aliphatic rings. The maximum Gasteiger partial charge on any atom is 0.139 e. The van der Waals surface area contributed by atoms with E-state index in [0.29, 0.717) is 15.8 Å². The van der Waals surface area contributed by atoms with Crippen molar-refractivity contribution >= 4 is 23.2 Å². The van der Waals surface area contributed by atoms with Gasteiger partial charge in [-0.2, -0.15) is 0 Å². The molecular weight excluding hydrogens is 269 g/mol. The number of benzene rings is 1. The highest BCUT2D eigenvalue weighted by atomic mass is 35.5. The van der Waals surface area contributed by atoms with E-state index >= 15 is 0 Å². The number of rotatable bonds is 8. The van der Waals surface area contributed by atoms with Gasteiger partial charge in [0.15, 0.2) is 0 Å². The van der Waals surface area contributed by atoms with Crippen LogP contribution in [0.4, 0.5) is 0 Å². The highest BCUT2D eigenvalue weighted by Gasteiger charge is 2.12. The van der Waals surface area contributed by atoms with Gasteiger partial charge in [-0.25, -0.2) is 0 Å². The summed E-state index contributed by atoms with van der Waals surface area (Å²) in [5, 5.41) is 4.41. The van der Waals surface area contributed by atoms with Crippen LogP contribution < -0.4 is 10.1 Å². The second-order valence-corrected chi connectivity index (χ2v) is 5.19. The largest absolute Gasteiger partial charge is 0.489 e. The second kappa shape index (κ2) is 8.63. The Morgan fingerprint density at radius 1 is 1.28 bits per heavy atom. The van der Waals surface area contributed by atoms with Crippen molar-refractivity contribution in [3.8, 4) is 5.75 Å². The molecule has 0 aliphatic heterocycles. The van der Waals surface area contributed by atoms with Crippen molar-refractivity contribution in [3.63, 3.8) is 0 Å². The van der Waals surface area contributed by atoms with Crippen LogP contribution in [0.25, 0.3) is 0 Å². The number of halogens is 2. The van der Waals surface area contributed by atoms with Crippen molar-refractivity contribution in [2.45, 2.75) is 38.7 Å². The molecule has 0 aliphatic carbocycles. The molecule has 1 N–H and O–H groups in total. The molecule has 102 valence electrons. The van der Waals surface area contributed by atoms with E-state index in [4.69, 9.17) is 27.9 Å². The van der Waals surface area contributed by atoms with Crippen molar-refractivity contribution in [3.05, 3.63) is 28.2 Å². The lowest BCUT2D eigenvalue weighted by Gasteiger charge is -2.20. The van der Waals surface area contributed by atoms with Gasteiger partial charge in [-0.3, -0.25) is 0 Å². The van der Waals surface area contributed by atoms with Gasteiger partial charge in [0.2, 0.25) is 0 Å². The number of unbranched alkanes of at least 4 members (excludes halogenated alkanes) is 1. The average molecular weight is 290 g/mol. The lowest BCUT2D eigenvalue weighted by Crippen LogP contribution is -2.22. The molecule has 1 rings (SSSR count). The van der Waals surface area contributed by atoms with Gasteiger partial charge in [0.25, 0.3) is 0 Å². The van der Waals surface area contributed by atoms with Crippen LogP contribution in [0, 0.1) is 0 Å². The summed E-state index contributed by atoms with van der Waals surface area (Å²) in [5.41, 5.74) is 0. The number of hydrogen-bond donors (Lipinski definition) is 1. The summed E-state index contributed by atoms with van der Waals surface area (Å²) < 4.78 is 5.97. The summed E-state index contributed by atoms with van der Waals surface area (Å²) in [7, 11) is 1.95. The van der Waals surface area contributed by atoms with Crippen LogP contribution in [0.15, 0.2) is 18.2 Å². The van der Waals surface area contributed by atoms with Gasteiger partial charge in [-0.05, 0) is 38.6 Å². The summed E-state index contributed by atoms with van der Waals surface area (Å²) in [5.74, 6) is 0.682. The van der Waals surface area contributed by atoms with Gasteiger partial charge in [0.1, 0.15) is 5.75 Å². The molecule has 0 saturated carbocycles. The second-order valence-electron chi connectivity index (χ2n) is 4.35. The zero-order valence-corrected chi connectivity index (χ0v) is 12.5. The summed E-state index contributed by atoms with van der Waals surface area (Å²) >= 11 is 12.1. The van der Waals surface area contributed by atoms with E-state index in [9.17, 15) is 0 Å². The zero-order chi connectivity index (χ0) is 13.4. The molecular formula is C14H21Cl2NO. The summed E-state index contributed by atoms with van der Waals surface area (Å²) in [4.78, 5) is 0. The van der Waals surface area contributed by atoms with E-state index in [1.807, 2.05) is 7.05 Å². The fourth-order valence-corrected chi connectivity index (χ4v) is 2.07. The third-order valence-corrected chi connectivity index (χ3v) is 3.33. The Labute approximate surface area is 120 Å². The Bertz CT molecular complexity index is 350. The Kier molecular flexibility index (Phi) is 7.48. The molecule has 0 radical (unpaired) electrons. The smallest absolute Gasteiger partial charge is 0.139 e. The van der Waals surface area contributed by atoms with Gasteiger partial charge in [0.05, 0.1) is 11.1 Å². The minimum atomic E-state index is 0.188. The van der Waals surface area contributed by atoms with E-state index < -0.39 is 0 Å². The maximum absolute atomic E-state index is 6.11. The van der Waals surface area contributed by atoms with Crippen molar-refractivity contribution in [2.75, 3.05) is 13.6 Å². The predicted molar refractivity (Wildman–Crippen MR) is 78.9 cm³/mol. The highest BCUT2D eigenvalue weighted by molar-refractivity contribution is 6.34. The average Bonchev–Trinajstić information content (AvgIpc) is 2.37. The van der Waals surface area contributed by atoms with Crippen LogP contribution in [0.1, 0.15) is 32.6 Å². The molecule has 1 aromatic carbocycles. The molecule has 0 aromatic heterocycles. The lowest BCUT2D eigenvalue weighted by atomic mass is 10.1. The molecule has 0 heterocycles. The van der Waals surface area contributed by atoms with Crippen LogP contribution in [0.2, 0.25) is 10.0 Å². The van der Waals surface area contributed by atoms with E-state index in [-0.39, 0.29) is 6.10 Å². The van der Waals surface area contributed by atoms with E-state index in [1.54, 1.807) is 18.2 Å². The van der Waals surface area contributed by atoms with Gasteiger partial charge >= 0.3 is 0 Å². The van der Waals surface area contributed by atoms with E-state index in [1.165, 1.54) is 6.42 Å². The Hall–Kier alpha value is -0.440. The van der Waals surface area contributed by atoms with Crippen molar-refractivity contribution in [1.29, 1.82) is 0 Å². The number of hydrogen-bond acceptors (Lipinski definition) is 2. The van der Waals surface area contributed by atoms with Crippen LogP contribution >= 0.6 is 23.2 Å². The van der Waals surface area contributed by atoms with Crippen LogP contribution in [0.3, 0.4) is 0 Å². The van der Waals surface area contributed by atoms with Crippen LogP contribution in [-0.2, 0) is 0 Å². The standard InChI is InChI=1S/C14H21Cl2NO/c1-3-4-5-12(8-9-17-2)18-14-10-11(15)6-7-13(14)16/h6-7,10,12,17H,3-5,8-9H2,1-2H3. The minimum Gasteiger partial charge on any atom is -0.489 e. The fourth-order valence-electron chi connectivity index (χ4n) is 1.75. The Morgan fingerprint density at radius 2 is 2.06 bits per heavy atom. The van der Waals surface area contributed by atoms with Crippen molar-refractivity contribution < 1.29 is 4.74 Å². The first-order chi connectivity index (χ1) is 8.67. The first-order valence-electron chi connectivity index (χ1n) is 6.43. The van der Waals surface area contributed by atoms with Crippen molar-refractivity contribution in [2.24, 2.45) is 0 Å². The van der Waals surface area contributed by atoms with Gasteiger partial charge in [-0.1, -0.05) is 43.0 Å². The van der Waals surface area contributed by atoms with Crippen molar-refractivity contribution in [1.82, 2.24) is 5.32 Å². The molecule has 0 fully saturated rings. The molecule has 0 saturated heterocycles. The molecule has 0 bridgehead atoms. The van der Waals surface area contributed by atoms with E-state index in [0.717, 1.165) is 25.8 Å². The Morgan fingerprint density at radius 3 is 2.72 bits per heavy atom. The fraction of sp³-hybridized carbons (Fsp3) is 0.571. The highest BCUT2D eigenvalue weighted by Crippen LogP contribution is 2.29. The van der Waals surface area contributed by atoms with Gasteiger partial charge < -0.3 is 10.1 Å². The topological polar surface area (TPSA) is 21.3 Å². The summed E-state index contributed by atoms with van der Waals surface area (Å²) in [6.45, 7) is 3.12. The SMILES string of the molecule is CCCCC(CCNC)Oc1cc(Cl)ccc1Cl. The molecule has 4 heteroatoms. The molecule has 1 aromatic rings. The molecule has 0 spiro atoms. The molecule has 18 heavy (non-hydrogen) atoms. The first-order valence-corrected chi connectivity index (χ1v) is 7.19. The summed E-state index contributed by atoms with van der Waals surface area (Å²) in [6, 6.07) is 5.32. The Balaban J connectivity index is 2.65. The third-order valence-electron chi connectivity index (χ3n) is 2.78. The van der Waals surface area contributed by atoms with Crippen LogP contribution in [0.5, 0.6) is 5.75 Å². The normalized spacial score (nSPS) is 12.4. The van der Waals surface area contributed by atoms with Crippen LogP contribution in [-0.4, -0.2) is 19.7 Å². The minimum absolute atomic E-state index is 0.188. The zero-order valence-electron chi connectivity index (χ0n) is 11.0. The van der Waals surface area contributed by atoms with Gasteiger partial charge in [0, 0.05) is 11.1 Å². The van der Waals surface area contributed by atoms with Gasteiger partial charge in [-0.15, -0.1) is 0 Å². The summed E-state index contributed by atoms with van der Waals surface area (Å²) in [6.07, 6.45) is 4.53. The number of ether oxygens (including phenoxy) is 1. The molecule has 0 amide bonds. The first kappa shape index (κ1) is 15.6. The number of nitrogens with one attached hydrogen (secondary N) is 1. The molecule has 1 atom stereocenters. The van der Waals surface area contributed by atoms with E-state index in [2.05, 4.69) is 12.2 Å². The predicted octanol–water partition coefficient (Wildman–Crippen LogP) is 4.54. The third kappa shape index (κ3) is 5.47. The molecule has 2 nitrogen and oxygen atoms in total. The lowest BCUT2D eigenvalue weighted by molar-refractivity contribution is 0.178. The maximum atomic E-state index is 6.11.